The molecule has 0 amide bonds. The lowest BCUT2D eigenvalue weighted by atomic mass is 10.0. The molecule has 0 aliphatic carbocycles. The first-order valence-electron chi connectivity index (χ1n) is 5.76. The van der Waals surface area contributed by atoms with Gasteiger partial charge in [0.1, 0.15) is 0 Å². The third kappa shape index (κ3) is 23.6. The van der Waals surface area contributed by atoms with E-state index in [4.69, 9.17) is 9.26 Å². The highest BCUT2D eigenvalue weighted by molar-refractivity contribution is 7.57. The maximum absolute atomic E-state index is 11.2. The van der Waals surface area contributed by atoms with Crippen molar-refractivity contribution in [3.63, 3.8) is 0 Å². The molecule has 0 rings (SSSR count). The molecule has 0 aromatic carbocycles. The highest BCUT2D eigenvalue weighted by atomic mass is 31.2. The lowest BCUT2D eigenvalue weighted by Gasteiger charge is -2.14. The van der Waals surface area contributed by atoms with Crippen molar-refractivity contribution in [2.45, 2.75) is 62.8 Å². The predicted octanol–water partition coefficient (Wildman–Crippen LogP) is 5.93. The molecule has 0 N–H and O–H groups in total. The summed E-state index contributed by atoms with van der Waals surface area (Å²) in [6, 6.07) is 0. The van der Waals surface area contributed by atoms with Crippen LogP contribution in [0.25, 0.3) is 0 Å². The van der Waals surface area contributed by atoms with Crippen molar-refractivity contribution in [1.29, 1.82) is 0 Å². The van der Waals surface area contributed by atoms with Gasteiger partial charge in [0, 0.05) is 19.9 Å². The van der Waals surface area contributed by atoms with Crippen molar-refractivity contribution in [1.82, 2.24) is 0 Å². The molecule has 0 bridgehead atoms. The largest absolute Gasteiger partial charge is 0.379 e. The van der Waals surface area contributed by atoms with Crippen LogP contribution in [0, 0.1) is 5.92 Å². The number of ether oxygens (including phenoxy) is 1. The van der Waals surface area contributed by atoms with Gasteiger partial charge >= 0.3 is 0 Å². The number of hydrogen-bond donors (Lipinski definition) is 0. The molecule has 0 spiro atoms. The maximum Gasteiger partial charge on any atom is 0.197 e. The molecule has 0 aromatic rings. The first-order valence-corrected chi connectivity index (χ1v) is 8.28. The van der Waals surface area contributed by atoms with Gasteiger partial charge in [-0.3, -0.25) is 4.57 Å². The monoisotopic (exact) mass is 300 g/mol. The molecule has 0 aliphatic rings. The fourth-order valence-corrected chi connectivity index (χ4v) is 1.89. The Morgan fingerprint density at radius 2 is 1.53 bits per heavy atom. The molecular formula is C15H41O3P. The highest BCUT2D eigenvalue weighted by Crippen LogP contribution is 2.36. The Bertz CT molecular complexity index is 190. The van der Waals surface area contributed by atoms with E-state index >= 15 is 0 Å². The van der Waals surface area contributed by atoms with Gasteiger partial charge in [-0.15, -0.1) is 0 Å². The van der Waals surface area contributed by atoms with Gasteiger partial charge in [-0.2, -0.15) is 0 Å². The minimum absolute atomic E-state index is 0. The van der Waals surface area contributed by atoms with E-state index in [0.29, 0.717) is 19.1 Å². The SMILES string of the molecule is C.C.C.C.CCCC(CC)COCCOP(C)(C)=O. The molecule has 124 valence electrons. The van der Waals surface area contributed by atoms with Crippen LogP contribution in [0.3, 0.4) is 0 Å². The molecule has 0 aromatic heterocycles. The van der Waals surface area contributed by atoms with Gasteiger partial charge in [-0.1, -0.05) is 56.4 Å². The average Bonchev–Trinajstić information content (AvgIpc) is 2.14. The standard InChI is InChI=1S/C11H25O3P.4CH4/c1-5-7-11(6-2)10-13-8-9-14-15(3,4)12;;;;/h11H,5-10H2,1-4H3;4*1H4. The smallest absolute Gasteiger partial charge is 0.197 e. The lowest BCUT2D eigenvalue weighted by molar-refractivity contribution is 0.0714. The minimum atomic E-state index is -2.33. The molecule has 4 heteroatoms. The molecule has 0 heterocycles. The fraction of sp³-hybridized carbons (Fsp3) is 1.00. The van der Waals surface area contributed by atoms with Crippen LogP contribution in [0.5, 0.6) is 0 Å². The molecule has 1 atom stereocenters. The zero-order chi connectivity index (χ0) is 11.7. The van der Waals surface area contributed by atoms with E-state index in [0.717, 1.165) is 13.0 Å². The third-order valence-electron chi connectivity index (χ3n) is 2.26. The Morgan fingerprint density at radius 3 is 1.89 bits per heavy atom. The van der Waals surface area contributed by atoms with E-state index in [1.807, 2.05) is 0 Å². The van der Waals surface area contributed by atoms with Crippen LogP contribution in [0.15, 0.2) is 0 Å². The minimum Gasteiger partial charge on any atom is -0.379 e. The lowest BCUT2D eigenvalue weighted by Crippen LogP contribution is -2.11. The van der Waals surface area contributed by atoms with Crippen molar-refractivity contribution < 1.29 is 13.8 Å². The highest BCUT2D eigenvalue weighted by Gasteiger charge is 2.07. The van der Waals surface area contributed by atoms with Crippen molar-refractivity contribution in [2.75, 3.05) is 33.2 Å². The van der Waals surface area contributed by atoms with Gasteiger partial charge in [0.2, 0.25) is 0 Å². The maximum atomic E-state index is 11.2. The molecular weight excluding hydrogens is 259 g/mol. The van der Waals surface area contributed by atoms with Gasteiger partial charge < -0.3 is 9.26 Å². The van der Waals surface area contributed by atoms with Crippen molar-refractivity contribution in [2.24, 2.45) is 5.92 Å². The Balaban J connectivity index is -0.000000163. The molecule has 3 nitrogen and oxygen atoms in total. The predicted molar refractivity (Wildman–Crippen MR) is 91.8 cm³/mol. The zero-order valence-corrected chi connectivity index (χ0v) is 11.4. The molecule has 0 saturated carbocycles. The Hall–Kier alpha value is 0.150. The Labute approximate surface area is 123 Å². The third-order valence-corrected chi connectivity index (χ3v) is 3.06. The normalized spacial score (nSPS) is 11.2. The average molecular weight is 300 g/mol. The summed E-state index contributed by atoms with van der Waals surface area (Å²) in [7, 11) is -2.33. The molecule has 1 unspecified atom stereocenters. The zero-order valence-electron chi connectivity index (χ0n) is 10.5. The van der Waals surface area contributed by atoms with Gasteiger partial charge in [-0.05, 0) is 12.3 Å². The molecule has 0 fully saturated rings. The van der Waals surface area contributed by atoms with Gasteiger partial charge in [0.15, 0.2) is 7.37 Å². The van der Waals surface area contributed by atoms with E-state index in [9.17, 15) is 4.57 Å². The summed E-state index contributed by atoms with van der Waals surface area (Å²) in [6.07, 6.45) is 3.59. The first-order chi connectivity index (χ1) is 6.99. The molecule has 0 aliphatic heterocycles. The summed E-state index contributed by atoms with van der Waals surface area (Å²) in [5, 5.41) is 0. The summed E-state index contributed by atoms with van der Waals surface area (Å²) in [5.41, 5.74) is 0. The van der Waals surface area contributed by atoms with Crippen molar-refractivity contribution in [3.8, 4) is 0 Å². The second-order valence-electron chi connectivity index (χ2n) is 4.22. The van der Waals surface area contributed by atoms with E-state index in [2.05, 4.69) is 13.8 Å². The van der Waals surface area contributed by atoms with E-state index < -0.39 is 7.37 Å². The van der Waals surface area contributed by atoms with Crippen LogP contribution in [0.4, 0.5) is 0 Å². The van der Waals surface area contributed by atoms with Crippen molar-refractivity contribution >= 4 is 7.37 Å². The van der Waals surface area contributed by atoms with Gasteiger partial charge in [0.05, 0.1) is 13.2 Å². The summed E-state index contributed by atoms with van der Waals surface area (Å²) >= 11 is 0. The summed E-state index contributed by atoms with van der Waals surface area (Å²) < 4.78 is 21.8. The van der Waals surface area contributed by atoms with E-state index in [-0.39, 0.29) is 29.7 Å². The van der Waals surface area contributed by atoms with Crippen LogP contribution >= 0.6 is 7.37 Å². The van der Waals surface area contributed by atoms with Gasteiger partial charge in [-0.25, -0.2) is 0 Å². The topological polar surface area (TPSA) is 35.5 Å². The quantitative estimate of drug-likeness (QED) is 0.391. The molecule has 19 heavy (non-hydrogen) atoms. The number of rotatable bonds is 9. The second kappa shape index (κ2) is 18.1. The van der Waals surface area contributed by atoms with Gasteiger partial charge in [0.25, 0.3) is 0 Å². The van der Waals surface area contributed by atoms with Crippen LogP contribution < -0.4 is 0 Å². The van der Waals surface area contributed by atoms with Crippen LogP contribution in [0.2, 0.25) is 0 Å². The summed E-state index contributed by atoms with van der Waals surface area (Å²) in [4.78, 5) is 0. The first kappa shape index (κ1) is 31.5. The Morgan fingerprint density at radius 1 is 1.00 bits per heavy atom. The van der Waals surface area contributed by atoms with Crippen LogP contribution in [-0.2, 0) is 13.8 Å². The number of hydrogen-bond acceptors (Lipinski definition) is 3. The Kier molecular flexibility index (Phi) is 30.1. The molecule has 0 radical (unpaired) electrons. The van der Waals surface area contributed by atoms with Crippen LogP contribution in [-0.4, -0.2) is 33.2 Å². The molecule has 0 saturated heterocycles. The van der Waals surface area contributed by atoms with Crippen LogP contribution in [0.1, 0.15) is 62.8 Å². The fourth-order valence-electron chi connectivity index (χ4n) is 1.38. The summed E-state index contributed by atoms with van der Waals surface area (Å²) in [6.45, 7) is 9.41. The second-order valence-corrected chi connectivity index (χ2v) is 6.99. The van der Waals surface area contributed by atoms with Crippen molar-refractivity contribution in [3.05, 3.63) is 0 Å². The van der Waals surface area contributed by atoms with E-state index in [1.165, 1.54) is 12.8 Å². The summed E-state index contributed by atoms with van der Waals surface area (Å²) in [5.74, 6) is 0.657. The van der Waals surface area contributed by atoms with E-state index in [1.54, 1.807) is 13.3 Å².